The number of fused-ring (bicyclic) bond motifs is 3. The quantitative estimate of drug-likeness (QED) is 0.153. The minimum atomic E-state index is -0.316. The fourth-order valence-corrected chi connectivity index (χ4v) is 8.93. The van der Waals surface area contributed by atoms with E-state index in [1.807, 2.05) is 6.20 Å². The molecule has 9 rings (SSSR count). The van der Waals surface area contributed by atoms with Crippen LogP contribution in [0, 0.1) is 0 Å². The Balaban J connectivity index is 1.18. The van der Waals surface area contributed by atoms with Gasteiger partial charge in [0.2, 0.25) is 0 Å². The third-order valence-electron chi connectivity index (χ3n) is 13.1. The molecule has 0 unspecified atom stereocenters. The predicted molar refractivity (Wildman–Crippen MR) is 270 cm³/mol. The lowest BCUT2D eigenvalue weighted by Crippen LogP contribution is -2.28. The Morgan fingerprint density at radius 1 is 0.469 bits per heavy atom. The number of hydrogen-bond acceptors (Lipinski definition) is 4. The Labute approximate surface area is 380 Å². The van der Waals surface area contributed by atoms with Gasteiger partial charge in [0.05, 0.1) is 23.4 Å². The van der Waals surface area contributed by atoms with Gasteiger partial charge >= 0.3 is 0 Å². The SMILES string of the molecule is CC(C)(C)c1cc(N2CN(c3cc(Oc4ccc5c6ccccc6n(-c6cc(C(C)(C)C)ccn6)c5c4)cc(C(C)(C)c4ccccc4)c3)C=C2c2ccccc2)cc(C(C)(C)C)c1. The second-order valence-corrected chi connectivity index (χ2v) is 21.2. The van der Waals surface area contributed by atoms with Gasteiger partial charge in [0.25, 0.3) is 0 Å². The molecular weight excluding hydrogens is 781 g/mol. The number of pyridine rings is 1. The molecule has 0 spiro atoms. The first-order valence-electron chi connectivity index (χ1n) is 22.7. The van der Waals surface area contributed by atoms with E-state index in [1.54, 1.807) is 0 Å². The second-order valence-electron chi connectivity index (χ2n) is 21.2. The summed E-state index contributed by atoms with van der Waals surface area (Å²) < 4.78 is 9.34. The number of nitrogens with zero attached hydrogens (tertiary/aromatic N) is 4. The highest BCUT2D eigenvalue weighted by Crippen LogP contribution is 2.43. The molecule has 324 valence electrons. The number of ether oxygens (including phenoxy) is 1. The lowest BCUT2D eigenvalue weighted by atomic mass is 9.78. The summed E-state index contributed by atoms with van der Waals surface area (Å²) in [6.07, 6.45) is 4.25. The number of anilines is 2. The van der Waals surface area contributed by atoms with Crippen molar-refractivity contribution in [2.75, 3.05) is 16.5 Å². The van der Waals surface area contributed by atoms with Crippen LogP contribution in [0.3, 0.4) is 0 Å². The fourth-order valence-electron chi connectivity index (χ4n) is 8.93. The molecule has 2 aromatic heterocycles. The summed E-state index contributed by atoms with van der Waals surface area (Å²) in [4.78, 5) is 9.79. The van der Waals surface area contributed by atoms with Gasteiger partial charge in [-0.2, -0.15) is 0 Å². The number of benzene rings is 6. The standard InChI is InChI=1S/C59H62N4O/c1-56(2,3)42-28-29-60-55(35-42)63-52-25-19-18-24-50(52)51-27-26-48(37-53(51)63)64-49-34-45(59(10,11)41-22-16-13-17-23-41)33-46(36-49)61-38-54(40-20-14-12-15-21-40)62(39-61)47-31-43(57(4,5)6)30-44(32-47)58(7,8)9/h12-38H,39H2,1-11H3. The molecule has 1 aliphatic heterocycles. The van der Waals surface area contributed by atoms with Crippen molar-refractivity contribution in [1.82, 2.24) is 9.55 Å². The molecule has 1 aliphatic rings. The monoisotopic (exact) mass is 842 g/mol. The molecule has 0 saturated carbocycles. The fraction of sp³-hybridized carbons (Fsp3) is 0.271. The Bertz CT molecular complexity index is 2990. The molecule has 5 heteroatoms. The van der Waals surface area contributed by atoms with Crippen LogP contribution in [0.2, 0.25) is 0 Å². The summed E-state index contributed by atoms with van der Waals surface area (Å²) in [5, 5.41) is 2.34. The molecule has 5 nitrogen and oxygen atoms in total. The van der Waals surface area contributed by atoms with Crippen molar-refractivity contribution in [3.63, 3.8) is 0 Å². The van der Waals surface area contributed by atoms with Gasteiger partial charge in [-0.25, -0.2) is 4.98 Å². The van der Waals surface area contributed by atoms with E-state index in [1.165, 1.54) is 44.5 Å². The van der Waals surface area contributed by atoms with E-state index in [2.05, 4.69) is 248 Å². The third kappa shape index (κ3) is 8.20. The van der Waals surface area contributed by atoms with Gasteiger partial charge in [0.15, 0.2) is 0 Å². The van der Waals surface area contributed by atoms with Crippen molar-refractivity contribution < 1.29 is 4.74 Å². The van der Waals surface area contributed by atoms with E-state index in [0.29, 0.717) is 6.67 Å². The summed E-state index contributed by atoms with van der Waals surface area (Å²) in [5.74, 6) is 2.44. The van der Waals surface area contributed by atoms with Crippen LogP contribution in [-0.4, -0.2) is 16.2 Å². The number of hydrogen-bond donors (Lipinski definition) is 0. The predicted octanol–water partition coefficient (Wildman–Crippen LogP) is 15.5. The van der Waals surface area contributed by atoms with Crippen LogP contribution in [0.4, 0.5) is 11.4 Å². The Morgan fingerprint density at radius 3 is 1.75 bits per heavy atom. The summed E-state index contributed by atoms with van der Waals surface area (Å²) in [7, 11) is 0. The Kier molecular flexibility index (Phi) is 10.6. The first kappa shape index (κ1) is 42.7. The normalized spacial score (nSPS) is 13.8. The summed E-state index contributed by atoms with van der Waals surface area (Å²) >= 11 is 0. The molecular formula is C59H62N4O. The van der Waals surface area contributed by atoms with Crippen molar-refractivity contribution in [3.8, 4) is 17.3 Å². The molecule has 0 saturated heterocycles. The van der Waals surface area contributed by atoms with E-state index >= 15 is 0 Å². The molecule has 0 bridgehead atoms. The summed E-state index contributed by atoms with van der Waals surface area (Å²) in [6, 6.07) is 55.0. The Hall–Kier alpha value is -6.59. The van der Waals surface area contributed by atoms with Gasteiger partial charge in [0.1, 0.15) is 17.3 Å². The molecule has 0 amide bonds. The van der Waals surface area contributed by atoms with Crippen LogP contribution < -0.4 is 14.5 Å². The molecule has 0 atom stereocenters. The average Bonchev–Trinajstić information content (AvgIpc) is 3.86. The van der Waals surface area contributed by atoms with Crippen LogP contribution >= 0.6 is 0 Å². The van der Waals surface area contributed by atoms with Gasteiger partial charge in [-0.1, -0.05) is 161 Å². The highest BCUT2D eigenvalue weighted by Gasteiger charge is 2.31. The lowest BCUT2D eigenvalue weighted by molar-refractivity contribution is 0.480. The van der Waals surface area contributed by atoms with E-state index in [9.17, 15) is 0 Å². The lowest BCUT2D eigenvalue weighted by Gasteiger charge is -2.31. The summed E-state index contributed by atoms with van der Waals surface area (Å²) in [5.41, 5.74) is 12.7. The molecule has 64 heavy (non-hydrogen) atoms. The van der Waals surface area contributed by atoms with Gasteiger partial charge < -0.3 is 14.5 Å². The first-order valence-corrected chi connectivity index (χ1v) is 22.7. The maximum Gasteiger partial charge on any atom is 0.137 e. The molecule has 6 aromatic carbocycles. The third-order valence-corrected chi connectivity index (χ3v) is 13.1. The molecule has 0 radical (unpaired) electrons. The summed E-state index contributed by atoms with van der Waals surface area (Å²) in [6.45, 7) is 25.8. The zero-order valence-electron chi connectivity index (χ0n) is 39.5. The highest BCUT2D eigenvalue weighted by molar-refractivity contribution is 6.09. The maximum absolute atomic E-state index is 7.06. The number of aromatic nitrogens is 2. The molecule has 8 aromatic rings. The second kappa shape index (κ2) is 15.9. The van der Waals surface area contributed by atoms with Gasteiger partial charge in [-0.3, -0.25) is 4.57 Å². The number of rotatable bonds is 8. The van der Waals surface area contributed by atoms with Crippen LogP contribution in [0.15, 0.2) is 164 Å². The first-order chi connectivity index (χ1) is 30.3. The van der Waals surface area contributed by atoms with Gasteiger partial charge in [-0.15, -0.1) is 0 Å². The molecule has 3 heterocycles. The van der Waals surface area contributed by atoms with E-state index < -0.39 is 0 Å². The minimum Gasteiger partial charge on any atom is -0.457 e. The Morgan fingerprint density at radius 2 is 1.08 bits per heavy atom. The smallest absolute Gasteiger partial charge is 0.137 e. The van der Waals surface area contributed by atoms with Crippen molar-refractivity contribution in [2.45, 2.75) is 97.8 Å². The molecule has 0 fully saturated rings. The average molecular weight is 843 g/mol. The van der Waals surface area contributed by atoms with Crippen LogP contribution in [0.5, 0.6) is 11.5 Å². The van der Waals surface area contributed by atoms with Crippen molar-refractivity contribution in [1.29, 1.82) is 0 Å². The zero-order valence-corrected chi connectivity index (χ0v) is 39.5. The van der Waals surface area contributed by atoms with E-state index in [-0.39, 0.29) is 21.7 Å². The van der Waals surface area contributed by atoms with Gasteiger partial charge in [0, 0.05) is 52.1 Å². The topological polar surface area (TPSA) is 33.5 Å². The van der Waals surface area contributed by atoms with Crippen LogP contribution in [-0.2, 0) is 21.7 Å². The van der Waals surface area contributed by atoms with E-state index in [0.717, 1.165) is 45.1 Å². The largest absolute Gasteiger partial charge is 0.457 e. The van der Waals surface area contributed by atoms with Crippen molar-refractivity contribution in [2.24, 2.45) is 0 Å². The molecule has 0 N–H and O–H groups in total. The van der Waals surface area contributed by atoms with Crippen molar-refractivity contribution in [3.05, 3.63) is 197 Å². The van der Waals surface area contributed by atoms with Crippen LogP contribution in [0.25, 0.3) is 33.3 Å². The molecule has 0 aliphatic carbocycles. The van der Waals surface area contributed by atoms with E-state index in [4.69, 9.17) is 9.72 Å². The van der Waals surface area contributed by atoms with Crippen molar-refractivity contribution >= 4 is 38.9 Å². The maximum atomic E-state index is 7.06. The minimum absolute atomic E-state index is 0.0139. The van der Waals surface area contributed by atoms with Crippen LogP contribution in [0.1, 0.15) is 110 Å². The zero-order chi connectivity index (χ0) is 45.2. The number of para-hydroxylation sites is 1. The highest BCUT2D eigenvalue weighted by atomic mass is 16.5. The van der Waals surface area contributed by atoms with Gasteiger partial charge in [-0.05, 0) is 104 Å².